The highest BCUT2D eigenvalue weighted by Crippen LogP contribution is 2.21. The van der Waals surface area contributed by atoms with Crippen molar-refractivity contribution in [2.24, 2.45) is 23.5 Å². The van der Waals surface area contributed by atoms with Crippen LogP contribution in [-0.4, -0.2) is 78.4 Å². The van der Waals surface area contributed by atoms with Gasteiger partial charge in [-0.1, -0.05) is 34.1 Å². The maximum atomic E-state index is 12.6. The number of halogens is 1. The van der Waals surface area contributed by atoms with Crippen LogP contribution in [0.4, 0.5) is 0 Å². The standard InChI is InChI=1S/C19H36N4O2.ClH/c1-5-16(4)18(20)19(25)22-8-6-21(7-9-22)13-17(24)23-11-14(2)10-15(3)12-23;/h14-16,18H,5-13,20H2,1-4H3;1H. The largest absolute Gasteiger partial charge is 0.341 e. The molecule has 0 aliphatic carbocycles. The minimum atomic E-state index is -0.408. The first kappa shape index (κ1) is 23.2. The number of hydrogen-bond donors (Lipinski definition) is 1. The van der Waals surface area contributed by atoms with Crippen LogP contribution in [0, 0.1) is 17.8 Å². The average molecular weight is 389 g/mol. The quantitative estimate of drug-likeness (QED) is 0.773. The minimum absolute atomic E-state index is 0. The van der Waals surface area contributed by atoms with Gasteiger partial charge in [0, 0.05) is 39.3 Å². The Bertz CT molecular complexity index is 458. The molecule has 2 saturated heterocycles. The van der Waals surface area contributed by atoms with Crippen molar-refractivity contribution in [3.05, 3.63) is 0 Å². The minimum Gasteiger partial charge on any atom is -0.341 e. The van der Waals surface area contributed by atoms with Crippen LogP contribution in [0.25, 0.3) is 0 Å². The van der Waals surface area contributed by atoms with Crippen molar-refractivity contribution in [3.63, 3.8) is 0 Å². The molecule has 2 fully saturated rings. The fourth-order valence-electron chi connectivity index (χ4n) is 3.99. The summed E-state index contributed by atoms with van der Waals surface area (Å²) in [4.78, 5) is 31.1. The zero-order valence-electron chi connectivity index (χ0n) is 16.8. The van der Waals surface area contributed by atoms with Crippen LogP contribution >= 0.6 is 12.4 Å². The Labute approximate surface area is 164 Å². The highest BCUT2D eigenvalue weighted by atomic mass is 35.5. The van der Waals surface area contributed by atoms with E-state index >= 15 is 0 Å². The maximum absolute atomic E-state index is 12.6. The lowest BCUT2D eigenvalue weighted by Gasteiger charge is -2.39. The molecule has 0 aromatic heterocycles. The molecule has 0 aromatic carbocycles. The molecule has 2 aliphatic heterocycles. The highest BCUT2D eigenvalue weighted by molar-refractivity contribution is 5.85. The fraction of sp³-hybridized carbons (Fsp3) is 0.895. The van der Waals surface area contributed by atoms with Crippen molar-refractivity contribution < 1.29 is 9.59 Å². The molecule has 0 aromatic rings. The van der Waals surface area contributed by atoms with E-state index in [0.717, 1.165) is 32.6 Å². The zero-order chi connectivity index (χ0) is 18.6. The van der Waals surface area contributed by atoms with Gasteiger partial charge in [0.05, 0.1) is 12.6 Å². The molecular formula is C19H37ClN4O2. The molecule has 2 aliphatic rings. The van der Waals surface area contributed by atoms with Gasteiger partial charge in [0.15, 0.2) is 0 Å². The van der Waals surface area contributed by atoms with Gasteiger partial charge in [0.2, 0.25) is 11.8 Å². The first-order valence-electron chi connectivity index (χ1n) is 9.86. The van der Waals surface area contributed by atoms with Crippen molar-refractivity contribution in [1.82, 2.24) is 14.7 Å². The number of rotatable bonds is 5. The summed E-state index contributed by atoms with van der Waals surface area (Å²) in [7, 11) is 0. The van der Waals surface area contributed by atoms with Gasteiger partial charge in [-0.25, -0.2) is 0 Å². The predicted molar refractivity (Wildman–Crippen MR) is 107 cm³/mol. The smallest absolute Gasteiger partial charge is 0.239 e. The Morgan fingerprint density at radius 1 is 1.04 bits per heavy atom. The Hall–Kier alpha value is -0.850. The lowest BCUT2D eigenvalue weighted by atomic mass is 9.92. The van der Waals surface area contributed by atoms with Gasteiger partial charge in [-0.05, 0) is 24.2 Å². The molecule has 0 saturated carbocycles. The molecule has 0 bridgehead atoms. The van der Waals surface area contributed by atoms with Crippen molar-refractivity contribution in [2.45, 2.75) is 46.6 Å². The second-order valence-corrected chi connectivity index (χ2v) is 8.26. The summed E-state index contributed by atoms with van der Waals surface area (Å²) >= 11 is 0. The summed E-state index contributed by atoms with van der Waals surface area (Å²) in [6.45, 7) is 13.6. The van der Waals surface area contributed by atoms with Crippen molar-refractivity contribution in [1.29, 1.82) is 0 Å². The molecule has 2 heterocycles. The molecule has 2 rings (SSSR count). The van der Waals surface area contributed by atoms with E-state index in [4.69, 9.17) is 5.73 Å². The third-order valence-corrected chi connectivity index (χ3v) is 5.81. The van der Waals surface area contributed by atoms with Crippen LogP contribution in [-0.2, 0) is 9.59 Å². The number of nitrogens with two attached hydrogens (primary N) is 1. The van der Waals surface area contributed by atoms with Crippen molar-refractivity contribution in [2.75, 3.05) is 45.8 Å². The second kappa shape index (κ2) is 10.5. The number of carbonyl (C=O) groups excluding carboxylic acids is 2. The van der Waals surface area contributed by atoms with Crippen molar-refractivity contribution >= 4 is 24.2 Å². The van der Waals surface area contributed by atoms with E-state index < -0.39 is 6.04 Å². The van der Waals surface area contributed by atoms with Gasteiger partial charge in [-0.2, -0.15) is 0 Å². The van der Waals surface area contributed by atoms with E-state index in [1.165, 1.54) is 6.42 Å². The Morgan fingerprint density at radius 2 is 1.58 bits per heavy atom. The van der Waals surface area contributed by atoms with Crippen LogP contribution in [0.3, 0.4) is 0 Å². The number of hydrogen-bond acceptors (Lipinski definition) is 4. The van der Waals surface area contributed by atoms with E-state index in [2.05, 4.69) is 25.7 Å². The summed E-state index contributed by atoms with van der Waals surface area (Å²) in [6.07, 6.45) is 2.12. The molecule has 0 radical (unpaired) electrons. The summed E-state index contributed by atoms with van der Waals surface area (Å²) in [5, 5.41) is 0. The van der Waals surface area contributed by atoms with Gasteiger partial charge >= 0.3 is 0 Å². The molecule has 152 valence electrons. The number of piperidine rings is 1. The average Bonchev–Trinajstić information content (AvgIpc) is 2.59. The van der Waals surface area contributed by atoms with Crippen LogP contribution in [0.15, 0.2) is 0 Å². The van der Waals surface area contributed by atoms with Gasteiger partial charge < -0.3 is 15.5 Å². The van der Waals surface area contributed by atoms with E-state index in [0.29, 0.717) is 31.5 Å². The summed E-state index contributed by atoms with van der Waals surface area (Å²) in [5.41, 5.74) is 6.08. The van der Waals surface area contributed by atoms with E-state index in [1.807, 2.05) is 16.7 Å². The lowest BCUT2D eigenvalue weighted by Crippen LogP contribution is -2.56. The summed E-state index contributed by atoms with van der Waals surface area (Å²) in [6, 6.07) is -0.408. The van der Waals surface area contributed by atoms with Crippen LogP contribution < -0.4 is 5.73 Å². The Balaban J connectivity index is 0.00000338. The number of amides is 2. The van der Waals surface area contributed by atoms with Gasteiger partial charge in [0.25, 0.3) is 0 Å². The predicted octanol–water partition coefficient (Wildman–Crippen LogP) is 1.43. The van der Waals surface area contributed by atoms with Crippen LogP contribution in [0.5, 0.6) is 0 Å². The number of nitrogens with zero attached hydrogens (tertiary/aromatic N) is 3. The molecule has 2 N–H and O–H groups in total. The van der Waals surface area contributed by atoms with Gasteiger partial charge in [-0.15, -0.1) is 12.4 Å². The zero-order valence-corrected chi connectivity index (χ0v) is 17.6. The lowest BCUT2D eigenvalue weighted by molar-refractivity contribution is -0.137. The number of piperazine rings is 1. The van der Waals surface area contributed by atoms with Crippen LogP contribution in [0.2, 0.25) is 0 Å². The molecule has 26 heavy (non-hydrogen) atoms. The number of carbonyl (C=O) groups is 2. The molecule has 2 amide bonds. The molecule has 6 nitrogen and oxygen atoms in total. The number of likely N-dealkylation sites (tertiary alicyclic amines) is 1. The third-order valence-electron chi connectivity index (χ3n) is 5.81. The topological polar surface area (TPSA) is 69.9 Å². The van der Waals surface area contributed by atoms with E-state index in [-0.39, 0.29) is 30.1 Å². The highest BCUT2D eigenvalue weighted by Gasteiger charge is 2.30. The molecule has 4 unspecified atom stereocenters. The summed E-state index contributed by atoms with van der Waals surface area (Å²) in [5.74, 6) is 1.66. The molecular weight excluding hydrogens is 352 g/mol. The third kappa shape index (κ3) is 6.10. The first-order chi connectivity index (χ1) is 11.8. The van der Waals surface area contributed by atoms with Gasteiger partial charge in [-0.3, -0.25) is 14.5 Å². The van der Waals surface area contributed by atoms with Crippen molar-refractivity contribution in [3.8, 4) is 0 Å². The molecule has 0 spiro atoms. The van der Waals surface area contributed by atoms with Gasteiger partial charge in [0.1, 0.15) is 0 Å². The van der Waals surface area contributed by atoms with E-state index in [1.54, 1.807) is 0 Å². The fourth-order valence-corrected chi connectivity index (χ4v) is 3.99. The monoisotopic (exact) mass is 388 g/mol. The summed E-state index contributed by atoms with van der Waals surface area (Å²) < 4.78 is 0. The molecule has 7 heteroatoms. The van der Waals surface area contributed by atoms with E-state index in [9.17, 15) is 9.59 Å². The SMILES string of the molecule is CCC(C)C(N)C(=O)N1CCN(CC(=O)N2CC(C)CC(C)C2)CC1.Cl. The normalized spacial score (nSPS) is 26.8. The Kier molecular flexibility index (Phi) is 9.34. The Morgan fingerprint density at radius 3 is 2.08 bits per heavy atom. The molecule has 4 atom stereocenters. The van der Waals surface area contributed by atoms with Crippen LogP contribution in [0.1, 0.15) is 40.5 Å². The first-order valence-corrected chi connectivity index (χ1v) is 9.86. The second-order valence-electron chi connectivity index (χ2n) is 8.26. The maximum Gasteiger partial charge on any atom is 0.239 e.